The van der Waals surface area contributed by atoms with Crippen molar-refractivity contribution in [3.05, 3.63) is 29.3 Å². The summed E-state index contributed by atoms with van der Waals surface area (Å²) in [6, 6.07) is 5.40. The van der Waals surface area contributed by atoms with E-state index in [1.165, 1.54) is 13.5 Å². The van der Waals surface area contributed by atoms with Gasteiger partial charge in [0.2, 0.25) is 5.91 Å². The second-order valence-corrected chi connectivity index (χ2v) is 7.16. The lowest BCUT2D eigenvalue weighted by Gasteiger charge is -2.22. The van der Waals surface area contributed by atoms with Gasteiger partial charge in [0.1, 0.15) is 0 Å². The summed E-state index contributed by atoms with van der Waals surface area (Å²) in [4.78, 5) is 25.9. The highest BCUT2D eigenvalue weighted by molar-refractivity contribution is 8.00. The Balaban J connectivity index is 1.55. The molecule has 1 fully saturated rings. The van der Waals surface area contributed by atoms with E-state index in [9.17, 15) is 9.59 Å². The first-order chi connectivity index (χ1) is 11.7. The number of fused-ring (bicyclic) bond motifs is 1. The molecule has 2 aliphatic heterocycles. The van der Waals surface area contributed by atoms with Crippen molar-refractivity contribution in [3.63, 3.8) is 0 Å². The van der Waals surface area contributed by atoms with Crippen LogP contribution in [0.1, 0.15) is 35.2 Å². The third-order valence-corrected chi connectivity index (χ3v) is 5.56. The molecule has 1 aromatic rings. The number of rotatable bonds is 5. The Morgan fingerprint density at radius 1 is 1.38 bits per heavy atom. The van der Waals surface area contributed by atoms with Crippen LogP contribution in [0.2, 0.25) is 0 Å². The molecule has 1 atom stereocenters. The van der Waals surface area contributed by atoms with Crippen molar-refractivity contribution in [1.82, 2.24) is 0 Å². The maximum absolute atomic E-state index is 12.5. The summed E-state index contributed by atoms with van der Waals surface area (Å²) < 4.78 is 10.4. The van der Waals surface area contributed by atoms with E-state index in [4.69, 9.17) is 9.47 Å². The zero-order valence-corrected chi connectivity index (χ0v) is 14.8. The number of esters is 1. The normalized spacial score (nSPS) is 19.9. The maximum atomic E-state index is 12.5. The van der Waals surface area contributed by atoms with Crippen molar-refractivity contribution in [1.29, 1.82) is 0 Å². The number of benzene rings is 1. The van der Waals surface area contributed by atoms with Gasteiger partial charge in [0.15, 0.2) is 0 Å². The van der Waals surface area contributed by atoms with Crippen LogP contribution >= 0.6 is 11.8 Å². The summed E-state index contributed by atoms with van der Waals surface area (Å²) in [6.07, 6.45) is 4.55. The van der Waals surface area contributed by atoms with Gasteiger partial charge in [-0.3, -0.25) is 4.79 Å². The molecular weight excluding hydrogens is 326 g/mol. The predicted octanol–water partition coefficient (Wildman–Crippen LogP) is 2.66. The number of carbonyl (C=O) groups is 2. The number of methoxy groups -OCH3 is 1. The van der Waals surface area contributed by atoms with E-state index in [0.717, 1.165) is 42.9 Å². The number of nitrogens with zero attached hydrogens (tertiary/aromatic N) is 1. The van der Waals surface area contributed by atoms with Crippen molar-refractivity contribution >= 4 is 29.3 Å². The SMILES string of the molecule is COC(=O)c1ccc2c(c1)CCN2C(=O)CSC[C@@H]1CCCCO1. The highest BCUT2D eigenvalue weighted by atomic mass is 32.2. The zero-order valence-electron chi connectivity index (χ0n) is 14.0. The van der Waals surface area contributed by atoms with E-state index in [2.05, 4.69) is 0 Å². The molecule has 1 saturated heterocycles. The van der Waals surface area contributed by atoms with Gasteiger partial charge < -0.3 is 14.4 Å². The quantitative estimate of drug-likeness (QED) is 0.765. The highest BCUT2D eigenvalue weighted by Crippen LogP contribution is 2.30. The molecular formula is C18H23NO4S. The van der Waals surface area contributed by atoms with E-state index < -0.39 is 0 Å². The summed E-state index contributed by atoms with van der Waals surface area (Å²) in [5, 5.41) is 0. The number of hydrogen-bond donors (Lipinski definition) is 0. The lowest BCUT2D eigenvalue weighted by Crippen LogP contribution is -2.31. The van der Waals surface area contributed by atoms with Gasteiger partial charge in [0, 0.05) is 24.6 Å². The highest BCUT2D eigenvalue weighted by Gasteiger charge is 2.26. The molecule has 5 nitrogen and oxygen atoms in total. The minimum atomic E-state index is -0.342. The standard InChI is InChI=1S/C18H23NO4S/c1-22-18(21)14-5-6-16-13(10-14)7-8-19(16)17(20)12-24-11-15-4-2-3-9-23-15/h5-6,10,15H,2-4,7-9,11-12H2,1H3/t15-/m0/s1. The summed E-state index contributed by atoms with van der Waals surface area (Å²) in [7, 11) is 1.37. The van der Waals surface area contributed by atoms with Crippen LogP contribution in [0.25, 0.3) is 0 Å². The first-order valence-corrected chi connectivity index (χ1v) is 9.55. The number of amides is 1. The van der Waals surface area contributed by atoms with Crippen molar-refractivity contribution in [2.24, 2.45) is 0 Å². The van der Waals surface area contributed by atoms with Crippen molar-refractivity contribution < 1.29 is 19.1 Å². The molecule has 0 saturated carbocycles. The van der Waals surface area contributed by atoms with E-state index in [1.54, 1.807) is 17.8 Å². The fourth-order valence-electron chi connectivity index (χ4n) is 3.20. The predicted molar refractivity (Wildman–Crippen MR) is 94.8 cm³/mol. The molecule has 6 heteroatoms. The minimum Gasteiger partial charge on any atom is -0.465 e. The van der Waals surface area contributed by atoms with Crippen LogP contribution in [-0.4, -0.2) is 49.7 Å². The fraction of sp³-hybridized carbons (Fsp3) is 0.556. The molecule has 0 spiro atoms. The third-order valence-electron chi connectivity index (χ3n) is 4.50. The van der Waals surface area contributed by atoms with Gasteiger partial charge in [-0.1, -0.05) is 0 Å². The number of carbonyl (C=O) groups excluding carboxylic acids is 2. The number of thioether (sulfide) groups is 1. The molecule has 1 amide bonds. The first kappa shape index (κ1) is 17.3. The van der Waals surface area contributed by atoms with Crippen molar-refractivity contribution in [3.8, 4) is 0 Å². The molecule has 2 aliphatic rings. The van der Waals surface area contributed by atoms with Gasteiger partial charge in [0.25, 0.3) is 0 Å². The summed E-state index contributed by atoms with van der Waals surface area (Å²) >= 11 is 1.65. The van der Waals surface area contributed by atoms with E-state index in [1.807, 2.05) is 17.0 Å². The van der Waals surface area contributed by atoms with Crippen LogP contribution in [0, 0.1) is 0 Å². The summed E-state index contributed by atoms with van der Waals surface area (Å²) in [6.45, 7) is 1.53. The van der Waals surface area contributed by atoms with Crippen LogP contribution in [0.3, 0.4) is 0 Å². The van der Waals surface area contributed by atoms with E-state index >= 15 is 0 Å². The summed E-state index contributed by atoms with van der Waals surface area (Å²) in [5.41, 5.74) is 2.49. The van der Waals surface area contributed by atoms with Gasteiger partial charge in [-0.15, -0.1) is 11.8 Å². The van der Waals surface area contributed by atoms with Crippen LogP contribution in [0.4, 0.5) is 5.69 Å². The van der Waals surface area contributed by atoms with Gasteiger partial charge in [-0.2, -0.15) is 0 Å². The Morgan fingerprint density at radius 2 is 2.25 bits per heavy atom. The van der Waals surface area contributed by atoms with Crippen LogP contribution < -0.4 is 4.90 Å². The van der Waals surface area contributed by atoms with Gasteiger partial charge in [-0.05, 0) is 49.4 Å². The van der Waals surface area contributed by atoms with Crippen molar-refractivity contribution in [2.75, 3.05) is 36.7 Å². The Morgan fingerprint density at radius 3 is 3.00 bits per heavy atom. The second kappa shape index (κ2) is 8.03. The Hall–Kier alpha value is -1.53. The Kier molecular flexibility index (Phi) is 5.79. The monoisotopic (exact) mass is 349 g/mol. The Labute approximate surface area is 146 Å². The zero-order chi connectivity index (χ0) is 16.9. The molecule has 24 heavy (non-hydrogen) atoms. The van der Waals surface area contributed by atoms with Crippen LogP contribution in [0.5, 0.6) is 0 Å². The van der Waals surface area contributed by atoms with Gasteiger partial charge in [-0.25, -0.2) is 4.79 Å². The van der Waals surface area contributed by atoms with Gasteiger partial charge in [0.05, 0.1) is 24.5 Å². The van der Waals surface area contributed by atoms with Gasteiger partial charge >= 0.3 is 5.97 Å². The van der Waals surface area contributed by atoms with Crippen LogP contribution in [-0.2, 0) is 20.7 Å². The molecule has 0 aromatic heterocycles. The van der Waals surface area contributed by atoms with E-state index in [0.29, 0.717) is 24.0 Å². The second-order valence-electron chi connectivity index (χ2n) is 6.13. The minimum absolute atomic E-state index is 0.125. The molecule has 0 aliphatic carbocycles. The smallest absolute Gasteiger partial charge is 0.337 e. The average Bonchev–Trinajstić information content (AvgIpc) is 3.05. The molecule has 0 radical (unpaired) electrons. The molecule has 1 aromatic carbocycles. The largest absolute Gasteiger partial charge is 0.465 e. The number of hydrogen-bond acceptors (Lipinski definition) is 5. The lowest BCUT2D eigenvalue weighted by atomic mass is 10.1. The molecule has 0 N–H and O–H groups in total. The molecule has 130 valence electrons. The molecule has 0 unspecified atom stereocenters. The molecule has 3 rings (SSSR count). The fourth-order valence-corrected chi connectivity index (χ4v) is 4.17. The molecule has 0 bridgehead atoms. The van der Waals surface area contributed by atoms with Crippen LogP contribution in [0.15, 0.2) is 18.2 Å². The van der Waals surface area contributed by atoms with E-state index in [-0.39, 0.29) is 11.9 Å². The van der Waals surface area contributed by atoms with Crippen molar-refractivity contribution in [2.45, 2.75) is 31.8 Å². The first-order valence-electron chi connectivity index (χ1n) is 8.40. The number of anilines is 1. The average molecular weight is 349 g/mol. The lowest BCUT2D eigenvalue weighted by molar-refractivity contribution is -0.116. The topological polar surface area (TPSA) is 55.8 Å². The summed E-state index contributed by atoms with van der Waals surface area (Å²) in [5.74, 6) is 1.14. The number of ether oxygens (including phenoxy) is 2. The Bertz CT molecular complexity index is 613. The molecule has 2 heterocycles. The maximum Gasteiger partial charge on any atom is 0.337 e. The third kappa shape index (κ3) is 3.92.